The summed E-state index contributed by atoms with van der Waals surface area (Å²) in [7, 11) is 0. The smallest absolute Gasteiger partial charge is 0.200 e. The quantitative estimate of drug-likeness (QED) is 0.777. The molecule has 104 valence electrons. The minimum atomic E-state index is 0.0162. The second-order valence-electron chi connectivity index (χ2n) is 5.30. The number of aryl methyl sites for hydroxylation is 4. The molecule has 0 bridgehead atoms. The molecule has 0 saturated heterocycles. The van der Waals surface area contributed by atoms with Gasteiger partial charge in [0.05, 0.1) is 0 Å². The predicted octanol–water partition coefficient (Wildman–Crippen LogP) is 4.18. The fraction of sp³-hybridized carbons (Fsp3) is 0.278. The Morgan fingerprint density at radius 3 is 2.10 bits per heavy atom. The van der Waals surface area contributed by atoms with E-state index in [1.165, 1.54) is 5.56 Å². The number of ether oxygens (including phenoxy) is 1. The van der Waals surface area contributed by atoms with Gasteiger partial charge >= 0.3 is 0 Å². The molecule has 0 radical (unpaired) electrons. The number of ketones is 1. The van der Waals surface area contributed by atoms with Gasteiger partial charge in [0, 0.05) is 5.56 Å². The lowest BCUT2D eigenvalue weighted by molar-refractivity contribution is 0.0920. The maximum absolute atomic E-state index is 12.2. The van der Waals surface area contributed by atoms with Gasteiger partial charge in [0.15, 0.2) is 12.4 Å². The van der Waals surface area contributed by atoms with Gasteiger partial charge < -0.3 is 4.74 Å². The molecule has 0 aliphatic carbocycles. The van der Waals surface area contributed by atoms with Gasteiger partial charge in [-0.05, 0) is 44.9 Å². The Hall–Kier alpha value is -2.09. The van der Waals surface area contributed by atoms with Gasteiger partial charge in [-0.2, -0.15) is 0 Å². The fourth-order valence-electron chi connectivity index (χ4n) is 2.31. The molecular formula is C18H20O2. The van der Waals surface area contributed by atoms with E-state index in [1.807, 2.05) is 58.0 Å². The van der Waals surface area contributed by atoms with Crippen molar-refractivity contribution < 1.29 is 9.53 Å². The molecule has 0 amide bonds. The Balaban J connectivity index is 2.08. The standard InChI is InChI=1S/C18H20O2/c1-12-5-7-16(14(3)9-12)17(19)11-20-18-8-6-13(2)10-15(18)4/h5-10H,11H2,1-4H3. The summed E-state index contributed by atoms with van der Waals surface area (Å²) >= 11 is 0. The van der Waals surface area contributed by atoms with Crippen LogP contribution in [0.5, 0.6) is 5.75 Å². The maximum atomic E-state index is 12.2. The van der Waals surface area contributed by atoms with E-state index in [9.17, 15) is 4.79 Å². The van der Waals surface area contributed by atoms with Crippen LogP contribution in [-0.2, 0) is 0 Å². The SMILES string of the molecule is Cc1ccc(OCC(=O)c2ccc(C)cc2C)c(C)c1. The number of carbonyl (C=O) groups excluding carboxylic acids is 1. The summed E-state index contributed by atoms with van der Waals surface area (Å²) in [4.78, 5) is 12.2. The van der Waals surface area contributed by atoms with Crippen LogP contribution in [-0.4, -0.2) is 12.4 Å². The van der Waals surface area contributed by atoms with E-state index < -0.39 is 0 Å². The third-order valence-corrected chi connectivity index (χ3v) is 3.37. The van der Waals surface area contributed by atoms with E-state index >= 15 is 0 Å². The highest BCUT2D eigenvalue weighted by atomic mass is 16.5. The van der Waals surface area contributed by atoms with Crippen LogP contribution in [0.25, 0.3) is 0 Å². The number of rotatable bonds is 4. The van der Waals surface area contributed by atoms with Crippen molar-refractivity contribution >= 4 is 5.78 Å². The van der Waals surface area contributed by atoms with Crippen LogP contribution in [0.4, 0.5) is 0 Å². The van der Waals surface area contributed by atoms with Gasteiger partial charge in [0.25, 0.3) is 0 Å². The zero-order valence-electron chi connectivity index (χ0n) is 12.5. The van der Waals surface area contributed by atoms with Crippen molar-refractivity contribution in [3.8, 4) is 5.75 Å². The van der Waals surface area contributed by atoms with Gasteiger partial charge in [-0.15, -0.1) is 0 Å². The van der Waals surface area contributed by atoms with E-state index in [0.29, 0.717) is 0 Å². The number of carbonyl (C=O) groups is 1. The van der Waals surface area contributed by atoms with Gasteiger partial charge in [-0.3, -0.25) is 4.79 Å². The summed E-state index contributed by atoms with van der Waals surface area (Å²) in [5, 5.41) is 0. The Bertz CT molecular complexity index is 642. The Morgan fingerprint density at radius 2 is 1.50 bits per heavy atom. The second-order valence-corrected chi connectivity index (χ2v) is 5.30. The summed E-state index contributed by atoms with van der Waals surface area (Å²) in [5.41, 5.74) is 5.14. The van der Waals surface area contributed by atoms with Crippen LogP contribution in [0.15, 0.2) is 36.4 Å². The molecule has 0 fully saturated rings. The molecule has 2 heteroatoms. The van der Waals surface area contributed by atoms with Crippen LogP contribution >= 0.6 is 0 Å². The van der Waals surface area contributed by atoms with Crippen molar-refractivity contribution in [3.63, 3.8) is 0 Å². The maximum Gasteiger partial charge on any atom is 0.200 e. The number of hydrogen-bond donors (Lipinski definition) is 0. The largest absolute Gasteiger partial charge is 0.485 e. The second kappa shape index (κ2) is 5.91. The molecule has 0 saturated carbocycles. The van der Waals surface area contributed by atoms with Crippen molar-refractivity contribution in [1.82, 2.24) is 0 Å². The first-order chi connectivity index (χ1) is 9.47. The zero-order chi connectivity index (χ0) is 14.7. The summed E-state index contributed by atoms with van der Waals surface area (Å²) in [6, 6.07) is 11.8. The Labute approximate surface area is 120 Å². The first kappa shape index (κ1) is 14.3. The third-order valence-electron chi connectivity index (χ3n) is 3.37. The van der Waals surface area contributed by atoms with Crippen molar-refractivity contribution in [3.05, 3.63) is 64.2 Å². The van der Waals surface area contributed by atoms with E-state index in [1.54, 1.807) is 0 Å². The summed E-state index contributed by atoms with van der Waals surface area (Å²) in [6.07, 6.45) is 0. The molecule has 0 spiro atoms. The average Bonchev–Trinajstić information content (AvgIpc) is 2.37. The summed E-state index contributed by atoms with van der Waals surface area (Å²) in [5.74, 6) is 0.788. The molecule has 2 aromatic carbocycles. The highest BCUT2D eigenvalue weighted by Gasteiger charge is 2.10. The Morgan fingerprint density at radius 1 is 0.900 bits per heavy atom. The van der Waals surface area contributed by atoms with Gasteiger partial charge in [-0.1, -0.05) is 41.5 Å². The van der Waals surface area contributed by atoms with Crippen LogP contribution < -0.4 is 4.74 Å². The minimum Gasteiger partial charge on any atom is -0.485 e. The average molecular weight is 268 g/mol. The molecule has 20 heavy (non-hydrogen) atoms. The lowest BCUT2D eigenvalue weighted by Gasteiger charge is -2.10. The summed E-state index contributed by atoms with van der Waals surface area (Å²) < 4.78 is 5.64. The van der Waals surface area contributed by atoms with E-state index in [0.717, 1.165) is 28.0 Å². The van der Waals surface area contributed by atoms with Crippen LogP contribution in [0, 0.1) is 27.7 Å². The molecule has 0 heterocycles. The summed E-state index contributed by atoms with van der Waals surface area (Å²) in [6.45, 7) is 8.08. The van der Waals surface area contributed by atoms with Crippen molar-refractivity contribution in [2.45, 2.75) is 27.7 Å². The Kier molecular flexibility index (Phi) is 4.23. The lowest BCUT2D eigenvalue weighted by atomic mass is 10.0. The van der Waals surface area contributed by atoms with Crippen molar-refractivity contribution in [1.29, 1.82) is 0 Å². The monoisotopic (exact) mass is 268 g/mol. The number of hydrogen-bond acceptors (Lipinski definition) is 2. The fourth-order valence-corrected chi connectivity index (χ4v) is 2.31. The molecule has 2 aromatic rings. The first-order valence-corrected chi connectivity index (χ1v) is 6.78. The lowest BCUT2D eigenvalue weighted by Crippen LogP contribution is -2.13. The number of benzene rings is 2. The van der Waals surface area contributed by atoms with Gasteiger partial charge in [-0.25, -0.2) is 0 Å². The topological polar surface area (TPSA) is 26.3 Å². The first-order valence-electron chi connectivity index (χ1n) is 6.78. The molecular weight excluding hydrogens is 248 g/mol. The van der Waals surface area contributed by atoms with Gasteiger partial charge in [0.1, 0.15) is 5.75 Å². The molecule has 2 rings (SSSR count). The van der Waals surface area contributed by atoms with Crippen molar-refractivity contribution in [2.75, 3.05) is 6.61 Å². The van der Waals surface area contributed by atoms with Crippen LogP contribution in [0.3, 0.4) is 0 Å². The molecule has 0 aliphatic heterocycles. The molecule has 0 aliphatic rings. The van der Waals surface area contributed by atoms with Crippen LogP contribution in [0.2, 0.25) is 0 Å². The minimum absolute atomic E-state index is 0.0162. The van der Waals surface area contributed by atoms with Crippen LogP contribution in [0.1, 0.15) is 32.6 Å². The van der Waals surface area contributed by atoms with E-state index in [4.69, 9.17) is 4.74 Å². The highest BCUT2D eigenvalue weighted by Crippen LogP contribution is 2.19. The molecule has 2 nitrogen and oxygen atoms in total. The molecule has 0 unspecified atom stereocenters. The van der Waals surface area contributed by atoms with Crippen molar-refractivity contribution in [2.24, 2.45) is 0 Å². The molecule has 0 atom stereocenters. The normalized spacial score (nSPS) is 10.4. The highest BCUT2D eigenvalue weighted by molar-refractivity contribution is 5.98. The number of Topliss-reactive ketones (excluding diaryl/α,β-unsaturated/α-hetero) is 1. The zero-order valence-corrected chi connectivity index (χ0v) is 12.5. The van der Waals surface area contributed by atoms with E-state index in [-0.39, 0.29) is 12.4 Å². The molecule has 0 N–H and O–H groups in total. The van der Waals surface area contributed by atoms with Gasteiger partial charge in [0.2, 0.25) is 0 Å². The third kappa shape index (κ3) is 3.27. The molecule has 0 aromatic heterocycles. The van der Waals surface area contributed by atoms with E-state index in [2.05, 4.69) is 6.07 Å². The predicted molar refractivity (Wildman–Crippen MR) is 81.7 cm³/mol.